The van der Waals surface area contributed by atoms with E-state index in [0.717, 1.165) is 24.4 Å². The molecule has 1 radical (unpaired) electrons. The van der Waals surface area contributed by atoms with Crippen LogP contribution < -0.4 is 0 Å². The van der Waals surface area contributed by atoms with Crippen LogP contribution in [-0.4, -0.2) is 38.4 Å². The third-order valence-electron chi connectivity index (χ3n) is 4.30. The van der Waals surface area contributed by atoms with Crippen molar-refractivity contribution in [3.63, 3.8) is 0 Å². The second kappa shape index (κ2) is 6.02. The number of carbonyl (C=O) groups excluding carboxylic acids is 1. The lowest BCUT2D eigenvalue weighted by Crippen LogP contribution is -2.48. The molecule has 3 nitrogen and oxygen atoms in total. The maximum absolute atomic E-state index is 12.6. The predicted molar refractivity (Wildman–Crippen MR) is 86.0 cm³/mol. The summed E-state index contributed by atoms with van der Waals surface area (Å²) >= 11 is 0. The summed E-state index contributed by atoms with van der Waals surface area (Å²) in [5.41, 5.74) is 1.52. The number of Topliss-reactive ketones (excluding diaryl/α,β-unsaturated/α-hetero) is 1. The molecule has 0 amide bonds. The van der Waals surface area contributed by atoms with E-state index in [1.165, 1.54) is 0 Å². The zero-order valence-electron chi connectivity index (χ0n) is 14.4. The van der Waals surface area contributed by atoms with Gasteiger partial charge in [0.15, 0.2) is 5.78 Å². The van der Waals surface area contributed by atoms with Gasteiger partial charge in [0.2, 0.25) is 9.04 Å². The van der Waals surface area contributed by atoms with Gasteiger partial charge in [0, 0.05) is 19.5 Å². The Morgan fingerprint density at radius 1 is 1.25 bits per heavy atom. The normalized spacial score (nSPS) is 23.9. The van der Waals surface area contributed by atoms with Gasteiger partial charge in [-0.25, -0.2) is 0 Å². The molecule has 0 saturated heterocycles. The van der Waals surface area contributed by atoms with E-state index >= 15 is 0 Å². The first-order chi connectivity index (χ1) is 9.10. The van der Waals surface area contributed by atoms with Crippen LogP contribution in [0.2, 0.25) is 13.1 Å². The fourth-order valence-electron chi connectivity index (χ4n) is 3.24. The van der Waals surface area contributed by atoms with Gasteiger partial charge in [-0.15, -0.1) is 0 Å². The van der Waals surface area contributed by atoms with Crippen LogP contribution in [0.3, 0.4) is 0 Å². The van der Waals surface area contributed by atoms with Crippen LogP contribution in [0.15, 0.2) is 11.3 Å². The molecule has 0 aromatic heterocycles. The highest BCUT2D eigenvalue weighted by Crippen LogP contribution is 2.49. The third kappa shape index (κ3) is 2.86. The molecule has 0 N–H and O–H groups in total. The Bertz CT molecular complexity index is 405. The van der Waals surface area contributed by atoms with Crippen molar-refractivity contribution in [3.05, 3.63) is 11.3 Å². The smallest absolute Gasteiger partial charge is 0.206 e. The number of rotatable bonds is 5. The molecular formula is C16H30NO2Si. The molecule has 0 aromatic rings. The molecule has 1 aliphatic carbocycles. The summed E-state index contributed by atoms with van der Waals surface area (Å²) in [6, 6.07) is 0. The molecule has 1 atom stereocenters. The Kier molecular flexibility index (Phi) is 5.25. The zero-order valence-corrected chi connectivity index (χ0v) is 15.4. The predicted octanol–water partition coefficient (Wildman–Crippen LogP) is 3.63. The molecule has 0 heterocycles. The summed E-state index contributed by atoms with van der Waals surface area (Å²) in [6.45, 7) is 18.9. The summed E-state index contributed by atoms with van der Waals surface area (Å²) in [6.07, 6.45) is 0.490. The van der Waals surface area contributed by atoms with Crippen LogP contribution in [0.4, 0.5) is 0 Å². The highest BCUT2D eigenvalue weighted by Gasteiger charge is 2.53. The Morgan fingerprint density at radius 2 is 1.75 bits per heavy atom. The Balaban J connectivity index is 3.38. The van der Waals surface area contributed by atoms with Gasteiger partial charge in [0.05, 0.1) is 11.3 Å². The fourth-order valence-corrected chi connectivity index (χ4v) is 4.47. The molecule has 115 valence electrons. The number of ketones is 1. The largest absolute Gasteiger partial charge is 0.407 e. The van der Waals surface area contributed by atoms with Crippen LogP contribution >= 0.6 is 0 Å². The average molecular weight is 297 g/mol. The maximum atomic E-state index is 12.6. The Hall–Kier alpha value is -0.613. The molecule has 0 aromatic carbocycles. The van der Waals surface area contributed by atoms with Crippen LogP contribution in [-0.2, 0) is 9.22 Å². The van der Waals surface area contributed by atoms with Crippen molar-refractivity contribution in [2.45, 2.75) is 66.7 Å². The lowest BCUT2D eigenvalue weighted by molar-refractivity contribution is -0.120. The molecule has 4 heteroatoms. The van der Waals surface area contributed by atoms with E-state index in [0.29, 0.717) is 6.42 Å². The van der Waals surface area contributed by atoms with Gasteiger partial charge < -0.3 is 9.33 Å². The van der Waals surface area contributed by atoms with Crippen molar-refractivity contribution in [1.29, 1.82) is 0 Å². The topological polar surface area (TPSA) is 29.5 Å². The van der Waals surface area contributed by atoms with Gasteiger partial charge in [-0.3, -0.25) is 4.79 Å². The van der Waals surface area contributed by atoms with Crippen LogP contribution in [0.1, 0.15) is 48.0 Å². The lowest BCUT2D eigenvalue weighted by Gasteiger charge is -2.44. The Labute approximate surface area is 126 Å². The van der Waals surface area contributed by atoms with E-state index in [1.54, 1.807) is 0 Å². The minimum Gasteiger partial charge on any atom is -0.407 e. The highest BCUT2D eigenvalue weighted by atomic mass is 28.3. The quantitative estimate of drug-likeness (QED) is 0.726. The van der Waals surface area contributed by atoms with E-state index in [4.69, 9.17) is 4.43 Å². The van der Waals surface area contributed by atoms with Crippen LogP contribution in [0, 0.1) is 5.41 Å². The zero-order chi connectivity index (χ0) is 15.7. The number of nitrogens with zero attached hydrogens (tertiary/aromatic N) is 1. The van der Waals surface area contributed by atoms with Gasteiger partial charge in [-0.2, -0.15) is 0 Å². The van der Waals surface area contributed by atoms with Crippen molar-refractivity contribution < 1.29 is 9.22 Å². The molecule has 0 bridgehead atoms. The fraction of sp³-hybridized carbons (Fsp3) is 0.812. The molecule has 0 unspecified atom stereocenters. The van der Waals surface area contributed by atoms with E-state index in [2.05, 4.69) is 59.5 Å². The van der Waals surface area contributed by atoms with Gasteiger partial charge >= 0.3 is 0 Å². The molecule has 0 aliphatic heterocycles. The van der Waals surface area contributed by atoms with Crippen LogP contribution in [0.5, 0.6) is 0 Å². The highest BCUT2D eigenvalue weighted by molar-refractivity contribution is 6.48. The summed E-state index contributed by atoms with van der Waals surface area (Å²) in [4.78, 5) is 14.8. The second-order valence-electron chi connectivity index (χ2n) is 6.83. The summed E-state index contributed by atoms with van der Waals surface area (Å²) in [7, 11) is -0.880. The molecule has 1 rings (SSSR count). The summed E-state index contributed by atoms with van der Waals surface area (Å²) in [5, 5.41) is 0. The van der Waals surface area contributed by atoms with Gasteiger partial charge in [0.25, 0.3) is 0 Å². The lowest BCUT2D eigenvalue weighted by atomic mass is 9.73. The van der Waals surface area contributed by atoms with Crippen molar-refractivity contribution in [1.82, 2.24) is 4.90 Å². The molecule has 1 aliphatic rings. The first-order valence-electron chi connectivity index (χ1n) is 7.59. The van der Waals surface area contributed by atoms with Crippen molar-refractivity contribution >= 4 is 14.8 Å². The van der Waals surface area contributed by atoms with Crippen molar-refractivity contribution in [2.24, 2.45) is 5.41 Å². The van der Waals surface area contributed by atoms with E-state index in [-0.39, 0.29) is 11.2 Å². The standard InChI is InChI=1S/C16H30NO2Si/c1-9-17(10-2)14-12(3)16(11-13(14)18,15(4,5)6)19-20(7)8/h9-11H2,1-8H3/t16-/m0/s1. The first kappa shape index (κ1) is 17.4. The molecule has 0 saturated carbocycles. The maximum Gasteiger partial charge on any atom is 0.206 e. The number of hydrogen-bond acceptors (Lipinski definition) is 3. The monoisotopic (exact) mass is 296 g/mol. The number of likely N-dealkylation sites (N-methyl/N-ethyl adjacent to an activating group) is 1. The first-order valence-corrected chi connectivity index (χ1v) is 10.00. The van der Waals surface area contributed by atoms with Gasteiger partial charge in [-0.1, -0.05) is 20.8 Å². The molecule has 0 fully saturated rings. The van der Waals surface area contributed by atoms with Gasteiger partial charge in [-0.05, 0) is 44.9 Å². The Morgan fingerprint density at radius 3 is 2.10 bits per heavy atom. The van der Waals surface area contributed by atoms with Crippen molar-refractivity contribution in [3.8, 4) is 0 Å². The number of allylic oxidation sites excluding steroid dienone is 1. The average Bonchev–Trinajstić information content (AvgIpc) is 2.54. The third-order valence-corrected chi connectivity index (χ3v) is 5.06. The van der Waals surface area contributed by atoms with E-state index < -0.39 is 14.6 Å². The molecule has 0 spiro atoms. The molecule has 20 heavy (non-hydrogen) atoms. The summed E-state index contributed by atoms with van der Waals surface area (Å²) < 4.78 is 6.41. The van der Waals surface area contributed by atoms with Crippen LogP contribution in [0.25, 0.3) is 0 Å². The second-order valence-corrected chi connectivity index (χ2v) is 8.85. The molecular weight excluding hydrogens is 266 g/mol. The summed E-state index contributed by atoms with van der Waals surface area (Å²) in [5.74, 6) is 0.240. The van der Waals surface area contributed by atoms with E-state index in [1.807, 2.05) is 0 Å². The minimum atomic E-state index is -0.880. The number of carbonyl (C=O) groups is 1. The number of hydrogen-bond donors (Lipinski definition) is 0. The van der Waals surface area contributed by atoms with Crippen molar-refractivity contribution in [2.75, 3.05) is 13.1 Å². The van der Waals surface area contributed by atoms with E-state index in [9.17, 15) is 4.79 Å². The van der Waals surface area contributed by atoms with Gasteiger partial charge in [0.1, 0.15) is 0 Å². The minimum absolute atomic E-state index is 0.0798. The SMILES string of the molecule is CCN(CC)C1=C(C)[C@](O[Si](C)C)(C(C)(C)C)CC1=O.